The molecule has 26 heavy (non-hydrogen) atoms. The highest BCUT2D eigenvalue weighted by molar-refractivity contribution is 5.78. The predicted octanol–water partition coefficient (Wildman–Crippen LogP) is 5.14. The average Bonchev–Trinajstić information content (AvgIpc) is 2.95. The SMILES string of the molecule is CC(C)=CC1C(C(=O)OCc2ccc(COc3ccccc3)o2)C1(C)C. The highest BCUT2D eigenvalue weighted by Gasteiger charge is 2.61. The van der Waals surface area contributed by atoms with E-state index in [0.29, 0.717) is 18.1 Å². The zero-order valence-electron chi connectivity index (χ0n) is 15.8. The summed E-state index contributed by atoms with van der Waals surface area (Å²) < 4.78 is 16.8. The second-order valence-corrected chi connectivity index (χ2v) is 7.65. The molecule has 0 radical (unpaired) electrons. The van der Waals surface area contributed by atoms with Crippen LogP contribution in [0.1, 0.15) is 39.2 Å². The lowest BCUT2D eigenvalue weighted by Gasteiger charge is -2.05. The van der Waals surface area contributed by atoms with Gasteiger partial charge in [-0.25, -0.2) is 0 Å². The summed E-state index contributed by atoms with van der Waals surface area (Å²) in [5.41, 5.74) is 1.19. The summed E-state index contributed by atoms with van der Waals surface area (Å²) in [5.74, 6) is 2.14. The molecule has 1 heterocycles. The zero-order chi connectivity index (χ0) is 18.7. The first-order chi connectivity index (χ1) is 12.4. The second-order valence-electron chi connectivity index (χ2n) is 7.65. The van der Waals surface area contributed by atoms with Crippen molar-refractivity contribution in [2.75, 3.05) is 0 Å². The van der Waals surface area contributed by atoms with Crippen LogP contribution in [0.5, 0.6) is 5.75 Å². The van der Waals surface area contributed by atoms with Crippen molar-refractivity contribution in [1.82, 2.24) is 0 Å². The van der Waals surface area contributed by atoms with E-state index in [0.717, 1.165) is 5.75 Å². The van der Waals surface area contributed by atoms with Crippen molar-refractivity contribution in [2.45, 2.75) is 40.9 Å². The summed E-state index contributed by atoms with van der Waals surface area (Å²) in [7, 11) is 0. The molecule has 1 aliphatic carbocycles. The number of carbonyl (C=O) groups excluding carboxylic acids is 1. The van der Waals surface area contributed by atoms with E-state index in [4.69, 9.17) is 13.9 Å². The molecular formula is C22H26O4. The molecule has 1 saturated carbocycles. The summed E-state index contributed by atoms with van der Waals surface area (Å²) >= 11 is 0. The van der Waals surface area contributed by atoms with Gasteiger partial charge in [-0.15, -0.1) is 0 Å². The van der Waals surface area contributed by atoms with Crippen LogP contribution in [0, 0.1) is 17.3 Å². The minimum atomic E-state index is -0.156. The molecule has 4 heteroatoms. The standard InChI is InChI=1S/C22H26O4/c1-15(2)12-19-20(22(19,3)4)21(23)25-14-18-11-10-17(26-18)13-24-16-8-6-5-7-9-16/h5-12,19-20H,13-14H2,1-4H3. The summed E-state index contributed by atoms with van der Waals surface area (Å²) in [6, 6.07) is 13.2. The molecular weight excluding hydrogens is 328 g/mol. The Kier molecular flexibility index (Phi) is 5.21. The van der Waals surface area contributed by atoms with Gasteiger partial charge in [-0.05, 0) is 49.4 Å². The number of rotatable bonds is 7. The highest BCUT2D eigenvalue weighted by atomic mass is 16.5. The van der Waals surface area contributed by atoms with E-state index in [2.05, 4.69) is 33.8 Å². The Morgan fingerprint density at radius 2 is 1.73 bits per heavy atom. The molecule has 1 fully saturated rings. The third kappa shape index (κ3) is 4.18. The molecule has 1 aliphatic rings. The number of carbonyl (C=O) groups is 1. The molecule has 3 rings (SSSR count). The van der Waals surface area contributed by atoms with Crippen molar-refractivity contribution < 1.29 is 18.7 Å². The maximum Gasteiger partial charge on any atom is 0.310 e. The van der Waals surface area contributed by atoms with Crippen molar-refractivity contribution in [3.63, 3.8) is 0 Å². The minimum Gasteiger partial charge on any atom is -0.486 e. The van der Waals surface area contributed by atoms with Gasteiger partial charge in [0, 0.05) is 0 Å². The van der Waals surface area contributed by atoms with Crippen molar-refractivity contribution in [2.24, 2.45) is 17.3 Å². The average molecular weight is 354 g/mol. The van der Waals surface area contributed by atoms with Crippen LogP contribution in [0.15, 0.2) is 58.5 Å². The van der Waals surface area contributed by atoms with Gasteiger partial charge in [-0.1, -0.05) is 43.7 Å². The number of hydrogen-bond donors (Lipinski definition) is 0. The lowest BCUT2D eigenvalue weighted by Crippen LogP contribution is -2.10. The van der Waals surface area contributed by atoms with E-state index in [9.17, 15) is 4.79 Å². The highest BCUT2D eigenvalue weighted by Crippen LogP contribution is 2.59. The van der Waals surface area contributed by atoms with Crippen LogP contribution in [0.3, 0.4) is 0 Å². The van der Waals surface area contributed by atoms with Crippen LogP contribution in [0.2, 0.25) is 0 Å². The van der Waals surface area contributed by atoms with Gasteiger partial charge in [0.15, 0.2) is 0 Å². The first kappa shape index (κ1) is 18.3. The summed E-state index contributed by atoms with van der Waals surface area (Å²) in [5, 5.41) is 0. The normalized spacial score (nSPS) is 20.3. The third-order valence-corrected chi connectivity index (χ3v) is 4.88. The maximum atomic E-state index is 12.4. The number of benzene rings is 1. The van der Waals surface area contributed by atoms with Crippen LogP contribution >= 0.6 is 0 Å². The van der Waals surface area contributed by atoms with Gasteiger partial charge in [0.1, 0.15) is 30.5 Å². The van der Waals surface area contributed by atoms with Crippen LogP contribution in [0.4, 0.5) is 0 Å². The van der Waals surface area contributed by atoms with Gasteiger partial charge in [0.2, 0.25) is 0 Å². The molecule has 0 saturated heterocycles. The van der Waals surface area contributed by atoms with E-state index >= 15 is 0 Å². The molecule has 2 atom stereocenters. The first-order valence-electron chi connectivity index (χ1n) is 8.95. The molecule has 0 N–H and O–H groups in total. The van der Waals surface area contributed by atoms with Gasteiger partial charge in [0.25, 0.3) is 0 Å². The van der Waals surface area contributed by atoms with Crippen molar-refractivity contribution >= 4 is 5.97 Å². The lowest BCUT2D eigenvalue weighted by atomic mass is 10.1. The number of hydrogen-bond acceptors (Lipinski definition) is 4. The fraction of sp³-hybridized carbons (Fsp3) is 0.409. The Morgan fingerprint density at radius 3 is 2.38 bits per heavy atom. The topological polar surface area (TPSA) is 48.7 Å². The Balaban J connectivity index is 1.49. The van der Waals surface area contributed by atoms with Crippen LogP contribution in [-0.4, -0.2) is 5.97 Å². The van der Waals surface area contributed by atoms with Crippen LogP contribution in [-0.2, 0) is 22.7 Å². The molecule has 1 aromatic carbocycles. The summed E-state index contributed by atoms with van der Waals surface area (Å²) in [6.07, 6.45) is 2.16. The molecule has 2 unspecified atom stereocenters. The first-order valence-corrected chi connectivity index (χ1v) is 8.95. The number of furan rings is 1. The van der Waals surface area contributed by atoms with Crippen molar-refractivity contribution in [3.05, 3.63) is 65.6 Å². The fourth-order valence-corrected chi connectivity index (χ4v) is 3.28. The predicted molar refractivity (Wildman–Crippen MR) is 99.5 cm³/mol. The maximum absolute atomic E-state index is 12.4. The van der Waals surface area contributed by atoms with E-state index in [1.807, 2.05) is 42.5 Å². The van der Waals surface area contributed by atoms with E-state index in [1.54, 1.807) is 0 Å². The van der Waals surface area contributed by atoms with Gasteiger partial charge < -0.3 is 13.9 Å². The molecule has 0 aliphatic heterocycles. The number of esters is 1. The molecule has 0 spiro atoms. The lowest BCUT2D eigenvalue weighted by molar-refractivity contribution is -0.148. The van der Waals surface area contributed by atoms with Crippen LogP contribution < -0.4 is 4.74 Å². The number of ether oxygens (including phenoxy) is 2. The molecule has 2 aromatic rings. The third-order valence-electron chi connectivity index (χ3n) is 4.88. The van der Waals surface area contributed by atoms with E-state index in [1.165, 1.54) is 5.57 Å². The van der Waals surface area contributed by atoms with Crippen molar-refractivity contribution in [3.8, 4) is 5.75 Å². The molecule has 1 aromatic heterocycles. The Hall–Kier alpha value is -2.49. The molecule has 0 amide bonds. The zero-order valence-corrected chi connectivity index (χ0v) is 15.8. The number of allylic oxidation sites excluding steroid dienone is 2. The monoisotopic (exact) mass is 354 g/mol. The molecule has 0 bridgehead atoms. The molecule has 4 nitrogen and oxygen atoms in total. The van der Waals surface area contributed by atoms with Crippen molar-refractivity contribution in [1.29, 1.82) is 0 Å². The quantitative estimate of drug-likeness (QED) is 0.510. The van der Waals surface area contributed by atoms with Gasteiger partial charge >= 0.3 is 5.97 Å². The second kappa shape index (κ2) is 7.40. The molecule has 138 valence electrons. The number of para-hydroxylation sites is 1. The van der Waals surface area contributed by atoms with E-state index in [-0.39, 0.29) is 29.8 Å². The van der Waals surface area contributed by atoms with Gasteiger partial charge in [-0.3, -0.25) is 4.79 Å². The van der Waals surface area contributed by atoms with E-state index < -0.39 is 0 Å². The minimum absolute atomic E-state index is 0.0355. The Bertz CT molecular complexity index is 781. The van der Waals surface area contributed by atoms with Gasteiger partial charge in [0.05, 0.1) is 5.92 Å². The largest absolute Gasteiger partial charge is 0.486 e. The summed E-state index contributed by atoms with van der Waals surface area (Å²) in [6.45, 7) is 8.82. The fourth-order valence-electron chi connectivity index (χ4n) is 3.28. The summed E-state index contributed by atoms with van der Waals surface area (Å²) in [4.78, 5) is 12.4. The Labute approximate surface area is 154 Å². The Morgan fingerprint density at radius 1 is 1.08 bits per heavy atom. The van der Waals surface area contributed by atoms with Gasteiger partial charge in [-0.2, -0.15) is 0 Å². The van der Waals surface area contributed by atoms with Crippen LogP contribution in [0.25, 0.3) is 0 Å². The smallest absolute Gasteiger partial charge is 0.310 e.